The second kappa shape index (κ2) is 9.92. The van der Waals surface area contributed by atoms with Crippen LogP contribution < -0.4 is 4.74 Å². The van der Waals surface area contributed by atoms with Crippen molar-refractivity contribution in [1.82, 2.24) is 9.97 Å². The van der Waals surface area contributed by atoms with Gasteiger partial charge in [-0.1, -0.05) is 43.7 Å². The van der Waals surface area contributed by atoms with Crippen molar-refractivity contribution in [3.63, 3.8) is 0 Å². The first kappa shape index (κ1) is 19.9. The molecule has 0 N–H and O–H groups in total. The van der Waals surface area contributed by atoms with Crippen LogP contribution in [0.2, 0.25) is 5.28 Å². The Hall–Kier alpha value is -2.40. The van der Waals surface area contributed by atoms with Gasteiger partial charge in [0.15, 0.2) is 0 Å². The van der Waals surface area contributed by atoms with Crippen molar-refractivity contribution in [3.8, 4) is 5.88 Å². The van der Waals surface area contributed by atoms with Crippen molar-refractivity contribution < 1.29 is 14.3 Å². The number of carbonyl (C=O) groups is 1. The summed E-state index contributed by atoms with van der Waals surface area (Å²) in [5, 5.41) is 0.0140. The molecule has 0 aliphatic heterocycles. The highest BCUT2D eigenvalue weighted by atomic mass is 35.5. The number of ether oxygens (including phenoxy) is 2. The number of hydrogen-bond donors (Lipinski definition) is 0. The average Bonchev–Trinajstić information content (AvgIpc) is 2.65. The quantitative estimate of drug-likeness (QED) is 0.475. The van der Waals surface area contributed by atoms with E-state index in [-0.39, 0.29) is 29.9 Å². The molecule has 0 spiro atoms. The van der Waals surface area contributed by atoms with Gasteiger partial charge in [-0.05, 0) is 48.6 Å². The number of rotatable bonds is 8. The van der Waals surface area contributed by atoms with Crippen molar-refractivity contribution in [3.05, 3.63) is 58.5 Å². The first-order valence-electron chi connectivity index (χ1n) is 8.63. The Kier molecular flexibility index (Phi) is 7.60. The second-order valence-electron chi connectivity index (χ2n) is 5.74. The summed E-state index contributed by atoms with van der Waals surface area (Å²) >= 11 is 5.82. The topological polar surface area (TPSA) is 61.3 Å². The van der Waals surface area contributed by atoms with Gasteiger partial charge in [0.2, 0.25) is 11.2 Å². The molecule has 0 aliphatic carbocycles. The highest BCUT2D eigenvalue weighted by Gasteiger charge is 2.17. The maximum absolute atomic E-state index is 12.0. The number of unbranched alkanes of at least 4 members (excludes halogenated alkanes) is 1. The van der Waals surface area contributed by atoms with Gasteiger partial charge in [-0.15, -0.1) is 0 Å². The fraction of sp³-hybridized carbons (Fsp3) is 0.350. The van der Waals surface area contributed by atoms with Crippen LogP contribution in [0.1, 0.15) is 55.1 Å². The largest absolute Gasteiger partial charge is 0.472 e. The lowest BCUT2D eigenvalue weighted by atomic mass is 10.0. The van der Waals surface area contributed by atoms with E-state index in [1.54, 1.807) is 6.92 Å². The SMILES string of the molecule is CCCC=C(C)c1ccc(COc2nc(Cl)ncc2C(=O)OCC)cc1. The lowest BCUT2D eigenvalue weighted by Crippen LogP contribution is -2.10. The van der Waals surface area contributed by atoms with Gasteiger partial charge in [-0.3, -0.25) is 0 Å². The highest BCUT2D eigenvalue weighted by molar-refractivity contribution is 6.28. The van der Waals surface area contributed by atoms with E-state index in [4.69, 9.17) is 21.1 Å². The summed E-state index contributed by atoms with van der Waals surface area (Å²) in [6.45, 7) is 6.52. The Bertz CT molecular complexity index is 773. The molecule has 0 aliphatic rings. The van der Waals surface area contributed by atoms with E-state index in [1.807, 2.05) is 12.1 Å². The van der Waals surface area contributed by atoms with E-state index in [9.17, 15) is 4.79 Å². The van der Waals surface area contributed by atoms with E-state index in [1.165, 1.54) is 17.3 Å². The van der Waals surface area contributed by atoms with Gasteiger partial charge in [0.1, 0.15) is 12.2 Å². The Morgan fingerprint density at radius 3 is 2.62 bits per heavy atom. The zero-order valence-electron chi connectivity index (χ0n) is 15.3. The van der Waals surface area contributed by atoms with Crippen LogP contribution in [0.3, 0.4) is 0 Å². The predicted octanol–water partition coefficient (Wildman–Crippen LogP) is 5.09. The molecule has 0 saturated heterocycles. The van der Waals surface area contributed by atoms with Crippen molar-refractivity contribution in [2.45, 2.75) is 40.2 Å². The Morgan fingerprint density at radius 1 is 1.23 bits per heavy atom. The van der Waals surface area contributed by atoms with Crippen molar-refractivity contribution >= 4 is 23.1 Å². The Labute approximate surface area is 159 Å². The summed E-state index contributed by atoms with van der Waals surface area (Å²) < 4.78 is 10.7. The monoisotopic (exact) mass is 374 g/mol. The van der Waals surface area contributed by atoms with Crippen molar-refractivity contribution in [1.29, 1.82) is 0 Å². The fourth-order valence-electron chi connectivity index (χ4n) is 2.30. The van der Waals surface area contributed by atoms with E-state index >= 15 is 0 Å². The standard InChI is InChI=1S/C20H23ClN2O3/c1-4-6-7-14(3)16-10-8-15(9-11-16)13-26-18-17(19(24)25-5-2)12-22-20(21)23-18/h7-12H,4-6,13H2,1-3H3. The zero-order chi connectivity index (χ0) is 18.9. The van der Waals surface area contributed by atoms with Crippen LogP contribution in [0.4, 0.5) is 0 Å². The van der Waals surface area contributed by atoms with Gasteiger partial charge in [0.25, 0.3) is 0 Å². The number of carbonyl (C=O) groups excluding carboxylic acids is 1. The van der Waals surface area contributed by atoms with Crippen LogP contribution in [-0.2, 0) is 11.3 Å². The highest BCUT2D eigenvalue weighted by Crippen LogP contribution is 2.20. The van der Waals surface area contributed by atoms with Gasteiger partial charge in [0, 0.05) is 0 Å². The van der Waals surface area contributed by atoms with Crippen molar-refractivity contribution in [2.75, 3.05) is 6.61 Å². The Morgan fingerprint density at radius 2 is 1.96 bits per heavy atom. The first-order chi connectivity index (χ1) is 12.5. The molecular weight excluding hydrogens is 352 g/mol. The van der Waals surface area contributed by atoms with Crippen LogP contribution in [-0.4, -0.2) is 22.5 Å². The molecule has 0 unspecified atom stereocenters. The lowest BCUT2D eigenvalue weighted by Gasteiger charge is -2.10. The molecule has 1 aromatic carbocycles. The maximum Gasteiger partial charge on any atom is 0.345 e. The molecule has 2 rings (SSSR count). The first-order valence-corrected chi connectivity index (χ1v) is 9.01. The lowest BCUT2D eigenvalue weighted by molar-refractivity contribution is 0.0519. The summed E-state index contributed by atoms with van der Waals surface area (Å²) in [6.07, 6.45) is 5.75. The van der Waals surface area contributed by atoms with Crippen LogP contribution in [0.5, 0.6) is 5.88 Å². The van der Waals surface area contributed by atoms with Gasteiger partial charge < -0.3 is 9.47 Å². The molecular formula is C20H23ClN2O3. The molecule has 26 heavy (non-hydrogen) atoms. The molecule has 6 heteroatoms. The summed E-state index contributed by atoms with van der Waals surface area (Å²) in [7, 11) is 0. The minimum absolute atomic E-state index is 0.0140. The minimum atomic E-state index is -0.536. The van der Waals surface area contributed by atoms with E-state index in [0.717, 1.165) is 18.4 Å². The zero-order valence-corrected chi connectivity index (χ0v) is 16.0. The van der Waals surface area contributed by atoms with Gasteiger partial charge in [-0.2, -0.15) is 4.98 Å². The van der Waals surface area contributed by atoms with Gasteiger partial charge in [-0.25, -0.2) is 9.78 Å². The number of allylic oxidation sites excluding steroid dienone is 2. The van der Waals surface area contributed by atoms with Crippen LogP contribution in [0.25, 0.3) is 5.57 Å². The molecule has 0 bridgehead atoms. The van der Waals surface area contributed by atoms with Gasteiger partial charge >= 0.3 is 5.97 Å². The molecule has 2 aromatic rings. The molecule has 1 aromatic heterocycles. The summed E-state index contributed by atoms with van der Waals surface area (Å²) in [5.41, 5.74) is 3.55. The predicted molar refractivity (Wildman–Crippen MR) is 102 cm³/mol. The molecule has 0 atom stereocenters. The summed E-state index contributed by atoms with van der Waals surface area (Å²) in [5.74, 6) is -0.419. The van der Waals surface area contributed by atoms with E-state index in [0.29, 0.717) is 0 Å². The number of benzene rings is 1. The molecule has 138 valence electrons. The number of nitrogens with zero attached hydrogens (tertiary/aromatic N) is 2. The minimum Gasteiger partial charge on any atom is -0.472 e. The van der Waals surface area contributed by atoms with Crippen LogP contribution in [0.15, 0.2) is 36.5 Å². The third-order valence-electron chi connectivity index (χ3n) is 3.74. The Balaban J connectivity index is 2.09. The fourth-order valence-corrected chi connectivity index (χ4v) is 2.42. The third kappa shape index (κ3) is 5.56. The number of hydrogen-bond acceptors (Lipinski definition) is 5. The van der Waals surface area contributed by atoms with E-state index in [2.05, 4.69) is 42.0 Å². The normalized spacial score (nSPS) is 11.3. The second-order valence-corrected chi connectivity index (χ2v) is 6.08. The maximum atomic E-state index is 12.0. The summed E-state index contributed by atoms with van der Waals surface area (Å²) in [4.78, 5) is 19.8. The van der Waals surface area contributed by atoms with Crippen molar-refractivity contribution in [2.24, 2.45) is 0 Å². The molecule has 0 fully saturated rings. The third-order valence-corrected chi connectivity index (χ3v) is 3.93. The number of aromatic nitrogens is 2. The average molecular weight is 375 g/mol. The van der Waals surface area contributed by atoms with Gasteiger partial charge in [0.05, 0.1) is 12.8 Å². The number of esters is 1. The molecule has 1 heterocycles. The number of halogens is 1. The molecule has 0 saturated carbocycles. The molecule has 0 amide bonds. The smallest absolute Gasteiger partial charge is 0.345 e. The molecule has 0 radical (unpaired) electrons. The van der Waals surface area contributed by atoms with Crippen LogP contribution in [0, 0.1) is 0 Å². The summed E-state index contributed by atoms with van der Waals surface area (Å²) in [6, 6.07) is 8.09. The van der Waals surface area contributed by atoms with E-state index < -0.39 is 5.97 Å². The van der Waals surface area contributed by atoms with Crippen LogP contribution >= 0.6 is 11.6 Å². The molecule has 5 nitrogen and oxygen atoms in total.